The maximum atomic E-state index is 11.7. The van der Waals surface area contributed by atoms with Crippen LogP contribution in [0.2, 0.25) is 0 Å². The summed E-state index contributed by atoms with van der Waals surface area (Å²) in [6, 6.07) is 0. The highest BCUT2D eigenvalue weighted by molar-refractivity contribution is 7.13. The van der Waals surface area contributed by atoms with Crippen molar-refractivity contribution in [2.75, 3.05) is 19.3 Å². The van der Waals surface area contributed by atoms with Gasteiger partial charge in [-0.25, -0.2) is 4.98 Å². The fourth-order valence-corrected chi connectivity index (χ4v) is 1.69. The van der Waals surface area contributed by atoms with E-state index in [0.717, 1.165) is 0 Å². The van der Waals surface area contributed by atoms with E-state index in [-0.39, 0.29) is 12.3 Å². The number of thiazole rings is 1. The van der Waals surface area contributed by atoms with E-state index in [1.165, 1.54) is 16.2 Å². The Kier molecular flexibility index (Phi) is 4.24. The smallest absolute Gasteiger partial charge is 0.303 e. The number of anilines is 1. The average molecular weight is 243 g/mol. The molecular formula is C9H13N3O3S. The van der Waals surface area contributed by atoms with Crippen LogP contribution < -0.4 is 5.73 Å². The number of nitrogens with zero attached hydrogens (tertiary/aromatic N) is 2. The first-order valence-electron chi connectivity index (χ1n) is 4.69. The Morgan fingerprint density at radius 2 is 2.31 bits per heavy atom. The van der Waals surface area contributed by atoms with Crippen LogP contribution in [0.1, 0.15) is 23.3 Å². The summed E-state index contributed by atoms with van der Waals surface area (Å²) in [5.74, 6) is -1.10. The fraction of sp³-hybridized carbons (Fsp3) is 0.444. The minimum Gasteiger partial charge on any atom is -0.481 e. The van der Waals surface area contributed by atoms with Crippen molar-refractivity contribution in [2.24, 2.45) is 0 Å². The maximum Gasteiger partial charge on any atom is 0.303 e. The normalized spacial score (nSPS) is 10.1. The van der Waals surface area contributed by atoms with Crippen LogP contribution in [0.25, 0.3) is 0 Å². The number of hydrogen-bond acceptors (Lipinski definition) is 5. The van der Waals surface area contributed by atoms with Crippen molar-refractivity contribution in [1.29, 1.82) is 0 Å². The molecule has 0 spiro atoms. The predicted octanol–water partition coefficient (Wildman–Crippen LogP) is 0.662. The third kappa shape index (κ3) is 3.50. The van der Waals surface area contributed by atoms with E-state index in [1.54, 1.807) is 12.4 Å². The lowest BCUT2D eigenvalue weighted by Gasteiger charge is -2.14. The van der Waals surface area contributed by atoms with E-state index in [9.17, 15) is 9.59 Å². The monoisotopic (exact) mass is 243 g/mol. The number of nitrogen functional groups attached to an aromatic ring is 1. The minimum absolute atomic E-state index is 0.0524. The summed E-state index contributed by atoms with van der Waals surface area (Å²) < 4.78 is 0. The number of carbonyl (C=O) groups is 2. The molecule has 0 saturated heterocycles. The van der Waals surface area contributed by atoms with Crippen molar-refractivity contribution in [1.82, 2.24) is 9.88 Å². The van der Waals surface area contributed by atoms with Gasteiger partial charge in [-0.2, -0.15) is 0 Å². The van der Waals surface area contributed by atoms with E-state index in [2.05, 4.69) is 4.98 Å². The van der Waals surface area contributed by atoms with Gasteiger partial charge in [-0.15, -0.1) is 11.3 Å². The number of rotatable bonds is 5. The second-order valence-electron chi connectivity index (χ2n) is 3.29. The Labute approximate surface area is 96.7 Å². The number of carboxylic acids is 1. The molecule has 1 aromatic heterocycles. The Morgan fingerprint density at radius 3 is 2.81 bits per heavy atom. The molecule has 0 atom stereocenters. The van der Waals surface area contributed by atoms with E-state index in [4.69, 9.17) is 10.8 Å². The summed E-state index contributed by atoms with van der Waals surface area (Å²) >= 11 is 1.20. The molecule has 1 rings (SSSR count). The molecule has 0 aliphatic heterocycles. The Morgan fingerprint density at radius 1 is 1.62 bits per heavy atom. The van der Waals surface area contributed by atoms with Gasteiger partial charge in [0.1, 0.15) is 5.69 Å². The Hall–Kier alpha value is -1.63. The van der Waals surface area contributed by atoms with Gasteiger partial charge < -0.3 is 15.7 Å². The second-order valence-corrected chi connectivity index (χ2v) is 4.18. The molecule has 0 unspecified atom stereocenters. The maximum absolute atomic E-state index is 11.7. The molecule has 0 aliphatic rings. The minimum atomic E-state index is -0.862. The molecule has 7 heteroatoms. The molecule has 0 bridgehead atoms. The first-order valence-corrected chi connectivity index (χ1v) is 5.57. The molecule has 0 aliphatic carbocycles. The first kappa shape index (κ1) is 12.4. The zero-order valence-corrected chi connectivity index (χ0v) is 9.66. The van der Waals surface area contributed by atoms with Crippen LogP contribution in [-0.2, 0) is 4.79 Å². The van der Waals surface area contributed by atoms with Gasteiger partial charge in [0.05, 0.1) is 0 Å². The van der Waals surface area contributed by atoms with Gasteiger partial charge >= 0.3 is 5.97 Å². The van der Waals surface area contributed by atoms with Crippen LogP contribution >= 0.6 is 11.3 Å². The zero-order valence-electron chi connectivity index (χ0n) is 8.84. The number of aromatic nitrogens is 1. The second kappa shape index (κ2) is 5.45. The van der Waals surface area contributed by atoms with Crippen LogP contribution in [0.15, 0.2) is 5.38 Å². The van der Waals surface area contributed by atoms with Crippen LogP contribution in [0.5, 0.6) is 0 Å². The summed E-state index contributed by atoms with van der Waals surface area (Å²) in [6.07, 6.45) is 0.480. The number of carbonyl (C=O) groups excluding carboxylic acids is 1. The number of aliphatic carboxylic acids is 1. The van der Waals surface area contributed by atoms with E-state index in [0.29, 0.717) is 23.8 Å². The summed E-state index contributed by atoms with van der Waals surface area (Å²) in [7, 11) is 1.61. The van der Waals surface area contributed by atoms with Gasteiger partial charge in [0.15, 0.2) is 5.13 Å². The van der Waals surface area contributed by atoms with Crippen LogP contribution in [0, 0.1) is 0 Å². The summed E-state index contributed by atoms with van der Waals surface area (Å²) in [4.78, 5) is 27.3. The van der Waals surface area contributed by atoms with Gasteiger partial charge in [0.25, 0.3) is 5.91 Å². The summed E-state index contributed by atoms with van der Waals surface area (Å²) in [5.41, 5.74) is 5.72. The number of amides is 1. The molecule has 1 amide bonds. The molecule has 16 heavy (non-hydrogen) atoms. The summed E-state index contributed by atoms with van der Waals surface area (Å²) in [6.45, 7) is 0.391. The topological polar surface area (TPSA) is 96.5 Å². The predicted molar refractivity (Wildman–Crippen MR) is 60.4 cm³/mol. The van der Waals surface area contributed by atoms with Crippen molar-refractivity contribution in [2.45, 2.75) is 12.8 Å². The van der Waals surface area contributed by atoms with Crippen molar-refractivity contribution in [3.63, 3.8) is 0 Å². The molecule has 1 heterocycles. The van der Waals surface area contributed by atoms with Crippen LogP contribution in [0.4, 0.5) is 5.13 Å². The van der Waals surface area contributed by atoms with Crippen molar-refractivity contribution >= 4 is 28.3 Å². The highest BCUT2D eigenvalue weighted by Crippen LogP contribution is 2.12. The molecule has 88 valence electrons. The van der Waals surface area contributed by atoms with Crippen LogP contribution in [-0.4, -0.2) is 40.5 Å². The van der Waals surface area contributed by atoms with E-state index < -0.39 is 5.97 Å². The first-order chi connectivity index (χ1) is 7.50. The molecule has 0 aromatic carbocycles. The van der Waals surface area contributed by atoms with E-state index >= 15 is 0 Å². The third-order valence-corrected chi connectivity index (χ3v) is 2.65. The van der Waals surface area contributed by atoms with Gasteiger partial charge in [0.2, 0.25) is 0 Å². The van der Waals surface area contributed by atoms with Gasteiger partial charge in [-0.05, 0) is 6.42 Å². The molecule has 3 N–H and O–H groups in total. The lowest BCUT2D eigenvalue weighted by molar-refractivity contribution is -0.137. The molecule has 0 fully saturated rings. The molecular weight excluding hydrogens is 230 g/mol. The van der Waals surface area contributed by atoms with Gasteiger partial charge in [-0.3, -0.25) is 9.59 Å². The Bertz CT molecular complexity index is 391. The number of hydrogen-bond donors (Lipinski definition) is 2. The zero-order chi connectivity index (χ0) is 12.1. The highest BCUT2D eigenvalue weighted by atomic mass is 32.1. The van der Waals surface area contributed by atoms with Gasteiger partial charge in [-0.1, -0.05) is 0 Å². The van der Waals surface area contributed by atoms with Crippen molar-refractivity contribution < 1.29 is 14.7 Å². The van der Waals surface area contributed by atoms with Crippen molar-refractivity contribution in [3.8, 4) is 0 Å². The van der Waals surface area contributed by atoms with E-state index in [1.807, 2.05) is 0 Å². The third-order valence-electron chi connectivity index (χ3n) is 1.97. The lowest BCUT2D eigenvalue weighted by atomic mass is 10.3. The molecule has 6 nitrogen and oxygen atoms in total. The van der Waals surface area contributed by atoms with Crippen molar-refractivity contribution in [3.05, 3.63) is 11.1 Å². The quantitative estimate of drug-likeness (QED) is 0.792. The average Bonchev–Trinajstić information content (AvgIpc) is 2.63. The fourth-order valence-electron chi connectivity index (χ4n) is 1.15. The molecule has 1 aromatic rings. The molecule has 0 radical (unpaired) electrons. The SMILES string of the molecule is CN(CCCC(=O)O)C(=O)c1csc(N)n1. The molecule has 0 saturated carbocycles. The number of nitrogens with two attached hydrogens (primary N) is 1. The Balaban J connectivity index is 2.45. The van der Waals surface area contributed by atoms with Crippen LogP contribution in [0.3, 0.4) is 0 Å². The van der Waals surface area contributed by atoms with Gasteiger partial charge in [0, 0.05) is 25.4 Å². The summed E-state index contributed by atoms with van der Waals surface area (Å²) in [5, 5.41) is 10.4. The lowest BCUT2D eigenvalue weighted by Crippen LogP contribution is -2.28. The number of carboxylic acid groups (broad SMARTS) is 1. The largest absolute Gasteiger partial charge is 0.481 e. The standard InChI is InChI=1S/C9H13N3O3S/c1-12(4-2-3-7(13)14)8(15)6-5-16-9(10)11-6/h5H,2-4H2,1H3,(H2,10,11)(H,13,14). The highest BCUT2D eigenvalue weighted by Gasteiger charge is 2.14.